The van der Waals surface area contributed by atoms with E-state index in [1.54, 1.807) is 0 Å². The molecule has 1 saturated heterocycles. The van der Waals surface area contributed by atoms with Crippen LogP contribution in [0, 0.1) is 0 Å². The van der Waals surface area contributed by atoms with E-state index in [9.17, 15) is 4.79 Å². The highest BCUT2D eigenvalue weighted by atomic mass is 16.1. The van der Waals surface area contributed by atoms with Crippen LogP contribution in [0.25, 0.3) is 0 Å². The fourth-order valence-corrected chi connectivity index (χ4v) is 2.22. The summed E-state index contributed by atoms with van der Waals surface area (Å²) in [6.45, 7) is 8.73. The average molecular weight is 227 g/mol. The van der Waals surface area contributed by atoms with Gasteiger partial charge in [-0.05, 0) is 38.9 Å². The van der Waals surface area contributed by atoms with Crippen LogP contribution in [0.2, 0.25) is 0 Å². The van der Waals surface area contributed by atoms with Gasteiger partial charge in [0.25, 0.3) is 0 Å². The molecule has 2 N–H and O–H groups in total. The number of hydrogen-bond acceptors (Lipinski definition) is 3. The van der Waals surface area contributed by atoms with Gasteiger partial charge in [-0.1, -0.05) is 13.8 Å². The van der Waals surface area contributed by atoms with Crippen molar-refractivity contribution in [2.75, 3.05) is 32.7 Å². The van der Waals surface area contributed by atoms with E-state index in [0.717, 1.165) is 26.1 Å². The Morgan fingerprint density at radius 1 is 1.44 bits per heavy atom. The zero-order valence-corrected chi connectivity index (χ0v) is 10.6. The number of carbonyl (C=O) groups is 1. The minimum absolute atomic E-state index is 0.122. The molecule has 94 valence electrons. The number of carbonyl (C=O) groups excluding carboxylic acids is 1. The van der Waals surface area contributed by atoms with E-state index in [1.165, 1.54) is 19.4 Å². The molecule has 1 aliphatic rings. The number of likely N-dealkylation sites (N-methyl/N-ethyl adjacent to an activating group) is 1. The third-order valence-corrected chi connectivity index (χ3v) is 3.15. The van der Waals surface area contributed by atoms with Crippen LogP contribution in [0.4, 0.5) is 0 Å². The van der Waals surface area contributed by atoms with E-state index in [1.807, 2.05) is 0 Å². The lowest BCUT2D eigenvalue weighted by atomic mass is 10.2. The summed E-state index contributed by atoms with van der Waals surface area (Å²) in [7, 11) is 0. The molecule has 1 heterocycles. The Bertz CT molecular complexity index is 208. The maximum atomic E-state index is 11.5. The SMILES string of the molecule is CCCNCC(=O)NCC1CCCN1CC. The molecule has 0 saturated carbocycles. The fraction of sp³-hybridized carbons (Fsp3) is 0.917. The highest BCUT2D eigenvalue weighted by molar-refractivity contribution is 5.77. The number of likely N-dealkylation sites (tertiary alicyclic amines) is 1. The number of nitrogens with one attached hydrogen (secondary N) is 2. The van der Waals surface area contributed by atoms with Crippen molar-refractivity contribution in [1.82, 2.24) is 15.5 Å². The van der Waals surface area contributed by atoms with Crippen LogP contribution in [0.5, 0.6) is 0 Å². The van der Waals surface area contributed by atoms with E-state index in [4.69, 9.17) is 0 Å². The lowest BCUT2D eigenvalue weighted by Crippen LogP contribution is -2.42. The van der Waals surface area contributed by atoms with Crippen LogP contribution in [-0.4, -0.2) is 49.6 Å². The third-order valence-electron chi connectivity index (χ3n) is 3.15. The van der Waals surface area contributed by atoms with Gasteiger partial charge in [-0.2, -0.15) is 0 Å². The maximum Gasteiger partial charge on any atom is 0.234 e. The summed E-state index contributed by atoms with van der Waals surface area (Å²) >= 11 is 0. The van der Waals surface area contributed by atoms with Crippen molar-refractivity contribution in [2.24, 2.45) is 0 Å². The first-order valence-corrected chi connectivity index (χ1v) is 6.49. The van der Waals surface area contributed by atoms with Gasteiger partial charge in [-0.3, -0.25) is 9.69 Å². The molecule has 0 aromatic carbocycles. The standard InChI is InChI=1S/C12H25N3O/c1-3-7-13-10-12(16)14-9-11-6-5-8-15(11)4-2/h11,13H,3-10H2,1-2H3,(H,14,16). The molecule has 1 aliphatic heterocycles. The molecule has 1 fully saturated rings. The molecule has 16 heavy (non-hydrogen) atoms. The summed E-state index contributed by atoms with van der Waals surface area (Å²) in [6.07, 6.45) is 3.55. The van der Waals surface area contributed by atoms with Crippen molar-refractivity contribution in [3.63, 3.8) is 0 Å². The van der Waals surface area contributed by atoms with Gasteiger partial charge in [0.05, 0.1) is 6.54 Å². The molecule has 0 aliphatic carbocycles. The number of amides is 1. The topological polar surface area (TPSA) is 44.4 Å². The molecule has 0 bridgehead atoms. The molecule has 1 unspecified atom stereocenters. The van der Waals surface area contributed by atoms with Crippen molar-refractivity contribution >= 4 is 5.91 Å². The highest BCUT2D eigenvalue weighted by Gasteiger charge is 2.22. The van der Waals surface area contributed by atoms with Crippen molar-refractivity contribution in [3.05, 3.63) is 0 Å². The summed E-state index contributed by atoms with van der Waals surface area (Å²) in [6, 6.07) is 0.556. The quantitative estimate of drug-likeness (QED) is 0.626. The minimum atomic E-state index is 0.122. The van der Waals surface area contributed by atoms with Crippen LogP contribution < -0.4 is 10.6 Å². The average Bonchev–Trinajstić information content (AvgIpc) is 2.74. The van der Waals surface area contributed by atoms with Crippen molar-refractivity contribution in [3.8, 4) is 0 Å². The van der Waals surface area contributed by atoms with Gasteiger partial charge in [0.15, 0.2) is 0 Å². The Balaban J connectivity index is 2.11. The molecule has 4 heteroatoms. The highest BCUT2D eigenvalue weighted by Crippen LogP contribution is 2.15. The fourth-order valence-electron chi connectivity index (χ4n) is 2.22. The van der Waals surface area contributed by atoms with Crippen molar-refractivity contribution in [1.29, 1.82) is 0 Å². The zero-order valence-electron chi connectivity index (χ0n) is 10.6. The first kappa shape index (κ1) is 13.5. The number of rotatable bonds is 7. The van der Waals surface area contributed by atoms with Gasteiger partial charge >= 0.3 is 0 Å². The predicted molar refractivity (Wildman–Crippen MR) is 66.4 cm³/mol. The molecular formula is C12H25N3O. The van der Waals surface area contributed by atoms with Crippen LogP contribution in [-0.2, 0) is 4.79 Å². The van der Waals surface area contributed by atoms with E-state index >= 15 is 0 Å². The number of hydrogen-bond donors (Lipinski definition) is 2. The molecule has 4 nitrogen and oxygen atoms in total. The first-order chi connectivity index (χ1) is 7.77. The molecule has 0 radical (unpaired) electrons. The van der Waals surface area contributed by atoms with Crippen molar-refractivity contribution < 1.29 is 4.79 Å². The third kappa shape index (κ3) is 4.49. The lowest BCUT2D eigenvalue weighted by molar-refractivity contribution is -0.120. The van der Waals surface area contributed by atoms with Crippen LogP contribution in [0.3, 0.4) is 0 Å². The van der Waals surface area contributed by atoms with Gasteiger partial charge in [0.2, 0.25) is 5.91 Å². The summed E-state index contributed by atoms with van der Waals surface area (Å²) in [5.74, 6) is 0.122. The Morgan fingerprint density at radius 3 is 2.94 bits per heavy atom. The maximum absolute atomic E-state index is 11.5. The lowest BCUT2D eigenvalue weighted by Gasteiger charge is -2.22. The van der Waals surface area contributed by atoms with Gasteiger partial charge in [-0.15, -0.1) is 0 Å². The number of nitrogens with zero attached hydrogens (tertiary/aromatic N) is 1. The predicted octanol–water partition coefficient (Wildman–Crippen LogP) is 0.587. The molecular weight excluding hydrogens is 202 g/mol. The molecule has 1 rings (SSSR count). The second kappa shape index (κ2) is 7.63. The van der Waals surface area contributed by atoms with Gasteiger partial charge < -0.3 is 10.6 Å². The smallest absolute Gasteiger partial charge is 0.234 e. The summed E-state index contributed by atoms with van der Waals surface area (Å²) < 4.78 is 0. The van der Waals surface area contributed by atoms with E-state index < -0.39 is 0 Å². The van der Waals surface area contributed by atoms with Crippen molar-refractivity contribution in [2.45, 2.75) is 39.2 Å². The second-order valence-corrected chi connectivity index (χ2v) is 4.41. The first-order valence-electron chi connectivity index (χ1n) is 6.49. The van der Waals surface area contributed by atoms with Crippen LogP contribution in [0.15, 0.2) is 0 Å². The molecule has 0 aromatic heterocycles. The zero-order chi connectivity index (χ0) is 11.8. The normalized spacial score (nSPS) is 21.2. The monoisotopic (exact) mass is 227 g/mol. The summed E-state index contributed by atoms with van der Waals surface area (Å²) in [4.78, 5) is 13.9. The Labute approximate surface area is 98.8 Å². The van der Waals surface area contributed by atoms with Crippen LogP contribution >= 0.6 is 0 Å². The summed E-state index contributed by atoms with van der Waals surface area (Å²) in [5, 5.41) is 6.11. The van der Waals surface area contributed by atoms with E-state index in [0.29, 0.717) is 12.6 Å². The molecule has 1 amide bonds. The Morgan fingerprint density at radius 2 is 2.25 bits per heavy atom. The molecule has 0 aromatic rings. The van der Waals surface area contributed by atoms with E-state index in [-0.39, 0.29) is 5.91 Å². The Hall–Kier alpha value is -0.610. The largest absolute Gasteiger partial charge is 0.353 e. The second-order valence-electron chi connectivity index (χ2n) is 4.41. The van der Waals surface area contributed by atoms with Gasteiger partial charge in [-0.25, -0.2) is 0 Å². The van der Waals surface area contributed by atoms with Gasteiger partial charge in [0.1, 0.15) is 0 Å². The van der Waals surface area contributed by atoms with Crippen LogP contribution in [0.1, 0.15) is 33.1 Å². The Kier molecular flexibility index (Phi) is 6.42. The van der Waals surface area contributed by atoms with Gasteiger partial charge in [0, 0.05) is 12.6 Å². The molecule has 1 atom stereocenters. The molecule has 0 spiro atoms. The van der Waals surface area contributed by atoms with E-state index in [2.05, 4.69) is 29.4 Å². The summed E-state index contributed by atoms with van der Waals surface area (Å²) in [5.41, 5.74) is 0. The minimum Gasteiger partial charge on any atom is -0.353 e.